The number of piperazine rings is 1. The van der Waals surface area contributed by atoms with E-state index in [2.05, 4.69) is 25.3 Å². The summed E-state index contributed by atoms with van der Waals surface area (Å²) in [5.74, 6) is -2.72. The largest absolute Gasteiger partial charge is 0.407 e. The second-order valence-corrected chi connectivity index (χ2v) is 13.4. The molecule has 0 radical (unpaired) electrons. The van der Waals surface area contributed by atoms with Gasteiger partial charge in [-0.15, -0.1) is 0 Å². The van der Waals surface area contributed by atoms with Crippen LogP contribution in [0, 0.1) is 6.57 Å². The number of halogens is 3. The van der Waals surface area contributed by atoms with Crippen LogP contribution in [-0.4, -0.2) is 71.2 Å². The van der Waals surface area contributed by atoms with Crippen LogP contribution in [-0.2, 0) is 26.1 Å². The number of rotatable bonds is 6. The van der Waals surface area contributed by atoms with E-state index < -0.39 is 58.5 Å². The smallest absolute Gasteiger partial charge is 0.368 e. The minimum absolute atomic E-state index is 0.0482. The van der Waals surface area contributed by atoms with E-state index in [-0.39, 0.29) is 29.7 Å². The number of carbonyl (C=O) groups excluding carboxylic acids is 5. The highest BCUT2D eigenvalue weighted by Crippen LogP contribution is 2.39. The Hall–Kier alpha value is -6.17. The summed E-state index contributed by atoms with van der Waals surface area (Å²) in [6.45, 7) is 12.9. The fraction of sp³-hybridized carbons (Fsp3) is 0.297. The van der Waals surface area contributed by atoms with Crippen molar-refractivity contribution in [3.05, 3.63) is 95.0 Å². The third kappa shape index (κ3) is 5.89. The number of amides is 5. The van der Waals surface area contributed by atoms with Crippen LogP contribution in [0.3, 0.4) is 0 Å². The van der Waals surface area contributed by atoms with Crippen molar-refractivity contribution >= 4 is 63.2 Å². The van der Waals surface area contributed by atoms with Crippen LogP contribution in [0.2, 0.25) is 0 Å². The lowest BCUT2D eigenvalue weighted by molar-refractivity contribution is -0.137. The molecular formula is C37H32F3N7O5. The van der Waals surface area contributed by atoms with Crippen molar-refractivity contribution in [2.75, 3.05) is 41.3 Å². The molecule has 3 aliphatic rings. The number of hydrogen-bond acceptors (Lipinski definition) is 7. The molecule has 2 N–H and O–H groups in total. The van der Waals surface area contributed by atoms with Gasteiger partial charge in [-0.3, -0.25) is 34.2 Å². The van der Waals surface area contributed by atoms with Crippen LogP contribution in [0.4, 0.5) is 35.9 Å². The van der Waals surface area contributed by atoms with Gasteiger partial charge in [0.15, 0.2) is 5.69 Å². The van der Waals surface area contributed by atoms with Gasteiger partial charge in [-0.1, -0.05) is 6.07 Å². The number of benzene rings is 3. The highest BCUT2D eigenvalue weighted by molar-refractivity contribution is 6.23. The van der Waals surface area contributed by atoms with Crippen molar-refractivity contribution in [3.8, 4) is 0 Å². The van der Waals surface area contributed by atoms with Crippen molar-refractivity contribution in [2.45, 2.75) is 44.4 Å². The molecule has 0 spiro atoms. The van der Waals surface area contributed by atoms with Crippen molar-refractivity contribution in [3.63, 3.8) is 0 Å². The maximum absolute atomic E-state index is 13.5. The number of piperidine rings is 1. The van der Waals surface area contributed by atoms with Crippen molar-refractivity contribution in [2.24, 2.45) is 0 Å². The van der Waals surface area contributed by atoms with Crippen LogP contribution < -0.4 is 20.4 Å². The molecule has 15 heteroatoms. The zero-order valence-corrected chi connectivity index (χ0v) is 28.1. The number of fused-ring (bicyclic) bond motifs is 2. The second-order valence-electron chi connectivity index (χ2n) is 13.4. The summed E-state index contributed by atoms with van der Waals surface area (Å²) >= 11 is 0. The van der Waals surface area contributed by atoms with E-state index in [9.17, 15) is 37.1 Å². The monoisotopic (exact) mass is 711 g/mol. The van der Waals surface area contributed by atoms with Gasteiger partial charge in [0.25, 0.3) is 11.8 Å². The first-order valence-electron chi connectivity index (χ1n) is 16.5. The fourth-order valence-electron chi connectivity index (χ4n) is 7.02. The van der Waals surface area contributed by atoms with Crippen molar-refractivity contribution in [1.82, 2.24) is 14.8 Å². The Balaban J connectivity index is 1.02. The van der Waals surface area contributed by atoms with Crippen molar-refractivity contribution < 1.29 is 37.1 Å². The summed E-state index contributed by atoms with van der Waals surface area (Å²) in [6, 6.07) is 14.9. The van der Waals surface area contributed by atoms with E-state index in [4.69, 9.17) is 6.57 Å². The summed E-state index contributed by atoms with van der Waals surface area (Å²) in [5, 5.41) is 5.65. The Morgan fingerprint density at radius 3 is 2.17 bits per heavy atom. The predicted molar refractivity (Wildman–Crippen MR) is 185 cm³/mol. The number of aromatic nitrogens is 1. The molecule has 0 bridgehead atoms. The number of nitrogens with one attached hydrogen (secondary N) is 2. The lowest BCUT2D eigenvalue weighted by Crippen LogP contribution is -2.54. The Morgan fingerprint density at radius 1 is 0.865 bits per heavy atom. The lowest BCUT2D eigenvalue weighted by Gasteiger charge is -2.37. The normalized spacial score (nSPS) is 18.1. The first-order chi connectivity index (χ1) is 24.7. The molecule has 1 atom stereocenters. The first-order valence-corrected chi connectivity index (χ1v) is 16.5. The molecule has 1 unspecified atom stereocenters. The topological polar surface area (TPSA) is 128 Å². The Kier molecular flexibility index (Phi) is 8.28. The molecule has 2 saturated heterocycles. The molecule has 3 aliphatic heterocycles. The van der Waals surface area contributed by atoms with Crippen LogP contribution in [0.1, 0.15) is 53.0 Å². The summed E-state index contributed by atoms with van der Waals surface area (Å²) in [4.78, 5) is 72.0. The van der Waals surface area contributed by atoms with Gasteiger partial charge in [0.05, 0.1) is 23.3 Å². The molecule has 12 nitrogen and oxygen atoms in total. The maximum atomic E-state index is 13.5. The van der Waals surface area contributed by atoms with Gasteiger partial charge in [-0.2, -0.15) is 13.2 Å². The van der Waals surface area contributed by atoms with E-state index in [1.165, 1.54) is 6.07 Å². The van der Waals surface area contributed by atoms with Gasteiger partial charge in [-0.25, -0.2) is 4.85 Å². The van der Waals surface area contributed by atoms with Crippen molar-refractivity contribution in [1.29, 1.82) is 0 Å². The van der Waals surface area contributed by atoms with Gasteiger partial charge in [-0.05, 0) is 74.9 Å². The molecule has 2 fully saturated rings. The molecular weight excluding hydrogens is 679 g/mol. The van der Waals surface area contributed by atoms with Gasteiger partial charge < -0.3 is 19.7 Å². The molecule has 0 aliphatic carbocycles. The molecule has 52 heavy (non-hydrogen) atoms. The van der Waals surface area contributed by atoms with Crippen LogP contribution in [0.25, 0.3) is 15.7 Å². The quantitative estimate of drug-likeness (QED) is 0.205. The van der Waals surface area contributed by atoms with Gasteiger partial charge in [0.2, 0.25) is 17.7 Å². The number of imide groups is 2. The Labute approximate surface area is 295 Å². The number of anilines is 3. The number of hydrogen-bond donors (Lipinski definition) is 2. The summed E-state index contributed by atoms with van der Waals surface area (Å²) in [7, 11) is 0. The minimum Gasteiger partial charge on any atom is -0.368 e. The molecule has 266 valence electrons. The Bertz CT molecular complexity index is 2230. The standard InChI is InChI=1S/C37H32F3N7O5/c1-36(2,35(52)42-22-4-8-28(41-3)27(19-22)37(38,39)40)46-13-12-21-18-23(6-9-29(21)46)44-14-16-45(17-15-44)24-5-7-25-26(20-24)34(51)47(33(25)50)30-10-11-31(48)43-32(30)49/h4-9,12-13,18-20,30H,10-11,14-17H2,1-2H3,(H,42,52)(H,43,48,49). The summed E-state index contributed by atoms with van der Waals surface area (Å²) in [5.41, 5.74) is 0.0264. The number of carbonyl (C=O) groups is 5. The Morgan fingerprint density at radius 2 is 1.52 bits per heavy atom. The third-order valence-corrected chi connectivity index (χ3v) is 9.95. The summed E-state index contributed by atoms with van der Waals surface area (Å²) < 4.78 is 42.2. The zero-order chi connectivity index (χ0) is 37.1. The van der Waals surface area contributed by atoms with Gasteiger partial charge in [0, 0.05) is 66.8 Å². The third-order valence-electron chi connectivity index (χ3n) is 9.95. The maximum Gasteiger partial charge on any atom is 0.407 e. The molecule has 3 aromatic carbocycles. The molecule has 4 heterocycles. The molecule has 4 aromatic rings. The average molecular weight is 712 g/mol. The van der Waals surface area contributed by atoms with Gasteiger partial charge >= 0.3 is 6.18 Å². The lowest BCUT2D eigenvalue weighted by atomic mass is 10.0. The van der Waals surface area contributed by atoms with Crippen LogP contribution in [0.15, 0.2) is 66.9 Å². The highest BCUT2D eigenvalue weighted by atomic mass is 19.4. The van der Waals surface area contributed by atoms with Gasteiger partial charge in [0.1, 0.15) is 11.6 Å². The van der Waals surface area contributed by atoms with E-state index in [1.54, 1.807) is 42.8 Å². The molecule has 7 rings (SSSR count). The number of alkyl halides is 3. The van der Waals surface area contributed by atoms with E-state index in [0.717, 1.165) is 39.3 Å². The SMILES string of the molecule is [C-]#[N+]c1ccc(NC(=O)C(C)(C)n2ccc3cc(N4CCN(c5ccc6c(c5)C(=O)N(C5CCC(=O)NC5=O)C6=O)CC4)ccc32)cc1C(F)(F)F. The average Bonchev–Trinajstić information content (AvgIpc) is 3.66. The minimum atomic E-state index is -4.75. The van der Waals surface area contributed by atoms with E-state index >= 15 is 0 Å². The number of nitrogens with zero attached hydrogens (tertiary/aromatic N) is 5. The highest BCUT2D eigenvalue weighted by Gasteiger charge is 2.45. The summed E-state index contributed by atoms with van der Waals surface area (Å²) in [6.07, 6.45) is -2.85. The fourth-order valence-corrected chi connectivity index (χ4v) is 7.02. The second kappa shape index (κ2) is 12.6. The molecule has 5 amide bonds. The molecule has 0 saturated carbocycles. The predicted octanol–water partition coefficient (Wildman–Crippen LogP) is 5.31. The zero-order valence-electron chi connectivity index (χ0n) is 28.1. The van der Waals surface area contributed by atoms with Crippen LogP contribution in [0.5, 0.6) is 0 Å². The first kappa shape index (κ1) is 34.3. The molecule has 1 aromatic heterocycles. The van der Waals surface area contributed by atoms with E-state index in [1.807, 2.05) is 24.3 Å². The van der Waals surface area contributed by atoms with E-state index in [0.29, 0.717) is 26.2 Å². The van der Waals surface area contributed by atoms with Crippen LogP contribution >= 0.6 is 0 Å².